The number of hydrogen-bond acceptors (Lipinski definition) is 4. The zero-order valence-corrected chi connectivity index (χ0v) is 12.7. The largest absolute Gasteiger partial charge is 0.399 e. The lowest BCUT2D eigenvalue weighted by molar-refractivity contribution is 0.0881. The van der Waals surface area contributed by atoms with Crippen LogP contribution in [0.5, 0.6) is 0 Å². The van der Waals surface area contributed by atoms with Gasteiger partial charge < -0.3 is 14.7 Å². The Morgan fingerprint density at radius 3 is 2.43 bits per heavy atom. The molecule has 0 aromatic heterocycles. The first-order chi connectivity index (χ1) is 10.3. The van der Waals surface area contributed by atoms with E-state index in [4.69, 9.17) is 14.7 Å². The molecule has 4 nitrogen and oxygen atoms in total. The molecule has 0 heterocycles. The van der Waals surface area contributed by atoms with E-state index in [1.54, 1.807) is 7.11 Å². The van der Waals surface area contributed by atoms with Crippen LogP contribution in [0, 0.1) is 11.8 Å². The molecule has 1 aromatic carbocycles. The van der Waals surface area contributed by atoms with Gasteiger partial charge in [-0.2, -0.15) is 0 Å². The zero-order chi connectivity index (χ0) is 14.9. The van der Waals surface area contributed by atoms with Crippen LogP contribution in [0.15, 0.2) is 35.5 Å². The number of benzene rings is 1. The van der Waals surface area contributed by atoms with Crippen molar-refractivity contribution in [3.05, 3.63) is 35.9 Å². The summed E-state index contributed by atoms with van der Waals surface area (Å²) >= 11 is 0. The van der Waals surface area contributed by atoms with Crippen molar-refractivity contribution < 1.29 is 14.7 Å². The second-order valence-corrected chi connectivity index (χ2v) is 5.67. The third-order valence-corrected chi connectivity index (χ3v) is 4.13. The van der Waals surface area contributed by atoms with E-state index in [1.807, 2.05) is 30.3 Å². The molecule has 1 aliphatic rings. The molecule has 116 valence electrons. The minimum absolute atomic E-state index is 0.326. The molecule has 1 saturated carbocycles. The lowest BCUT2D eigenvalue weighted by Crippen LogP contribution is -2.22. The molecule has 4 heteroatoms. The van der Waals surface area contributed by atoms with Crippen molar-refractivity contribution >= 4 is 5.71 Å². The maximum Gasteiger partial charge on any atom is 0.113 e. The van der Waals surface area contributed by atoms with Gasteiger partial charge in [0.25, 0.3) is 0 Å². The smallest absolute Gasteiger partial charge is 0.113 e. The van der Waals surface area contributed by atoms with Gasteiger partial charge in [-0.3, -0.25) is 0 Å². The summed E-state index contributed by atoms with van der Waals surface area (Å²) in [7, 11) is 1.55. The molecule has 0 spiro atoms. The number of ether oxygens (including phenoxy) is 1. The molecule has 2 rings (SSSR count). The second-order valence-electron chi connectivity index (χ2n) is 5.67. The van der Waals surface area contributed by atoms with Gasteiger partial charge in [0.2, 0.25) is 0 Å². The molecule has 0 bridgehead atoms. The van der Waals surface area contributed by atoms with Crippen LogP contribution in [0.3, 0.4) is 0 Å². The first kappa shape index (κ1) is 16.0. The van der Waals surface area contributed by atoms with Crippen molar-refractivity contribution in [2.75, 3.05) is 26.9 Å². The summed E-state index contributed by atoms with van der Waals surface area (Å²) in [5.74, 6) is 1.10. The molecule has 0 unspecified atom stereocenters. The summed E-state index contributed by atoms with van der Waals surface area (Å²) in [5.41, 5.74) is 1.85. The highest BCUT2D eigenvalue weighted by atomic mass is 16.6. The number of rotatable bonds is 7. The van der Waals surface area contributed by atoms with E-state index in [9.17, 15) is 0 Å². The van der Waals surface area contributed by atoms with E-state index < -0.39 is 0 Å². The predicted octanol–water partition coefficient (Wildman–Crippen LogP) is 2.85. The Kier molecular flexibility index (Phi) is 6.70. The van der Waals surface area contributed by atoms with Crippen molar-refractivity contribution in [3.8, 4) is 0 Å². The van der Waals surface area contributed by atoms with Crippen molar-refractivity contribution in [3.63, 3.8) is 0 Å². The van der Waals surface area contributed by atoms with Crippen molar-refractivity contribution in [1.82, 2.24) is 0 Å². The third kappa shape index (κ3) is 5.14. The Bertz CT molecular complexity index is 425. The van der Waals surface area contributed by atoms with Gasteiger partial charge in [0.05, 0.1) is 6.61 Å². The van der Waals surface area contributed by atoms with Crippen LogP contribution in [0.1, 0.15) is 31.2 Å². The fraction of sp³-hybridized carbons (Fsp3) is 0.588. The number of oxime groups is 1. The molecule has 1 aliphatic carbocycles. The summed E-state index contributed by atoms with van der Waals surface area (Å²) in [5, 5.41) is 13.2. The lowest BCUT2D eigenvalue weighted by atomic mass is 9.83. The molecule has 0 radical (unpaired) electrons. The summed E-state index contributed by atoms with van der Waals surface area (Å²) in [4.78, 5) is 4.91. The maximum absolute atomic E-state index is 9.15. The Morgan fingerprint density at radius 2 is 1.81 bits per heavy atom. The maximum atomic E-state index is 9.15. The first-order valence-electron chi connectivity index (χ1n) is 7.67. The van der Waals surface area contributed by atoms with E-state index in [0.717, 1.165) is 43.6 Å². The SMILES string of the molecule is CO/N=C(\COCC1CCC(CO)CC1)c1ccccc1. The Morgan fingerprint density at radius 1 is 1.14 bits per heavy atom. The molecule has 1 aromatic rings. The van der Waals surface area contributed by atoms with Gasteiger partial charge >= 0.3 is 0 Å². The van der Waals surface area contributed by atoms with Gasteiger partial charge in [-0.1, -0.05) is 35.5 Å². The van der Waals surface area contributed by atoms with Gasteiger partial charge in [0.15, 0.2) is 0 Å². The minimum atomic E-state index is 0.326. The number of hydrogen-bond donors (Lipinski definition) is 1. The quantitative estimate of drug-likeness (QED) is 0.621. The Labute approximate surface area is 126 Å². The Balaban J connectivity index is 1.77. The van der Waals surface area contributed by atoms with Crippen LogP contribution in [0.25, 0.3) is 0 Å². The first-order valence-corrected chi connectivity index (χ1v) is 7.67. The molecule has 21 heavy (non-hydrogen) atoms. The minimum Gasteiger partial charge on any atom is -0.399 e. The molecule has 0 aliphatic heterocycles. The summed E-state index contributed by atoms with van der Waals surface area (Å²) in [6.07, 6.45) is 4.52. The fourth-order valence-corrected chi connectivity index (χ4v) is 2.81. The average molecular weight is 291 g/mol. The lowest BCUT2D eigenvalue weighted by Gasteiger charge is -2.27. The van der Waals surface area contributed by atoms with E-state index >= 15 is 0 Å². The van der Waals surface area contributed by atoms with Crippen LogP contribution in [-0.4, -0.2) is 37.7 Å². The van der Waals surface area contributed by atoms with E-state index in [-0.39, 0.29) is 0 Å². The normalized spacial score (nSPS) is 23.0. The van der Waals surface area contributed by atoms with E-state index in [2.05, 4.69) is 5.16 Å². The highest BCUT2D eigenvalue weighted by molar-refractivity contribution is 6.01. The van der Waals surface area contributed by atoms with Crippen LogP contribution in [0.2, 0.25) is 0 Å². The zero-order valence-electron chi connectivity index (χ0n) is 12.7. The highest BCUT2D eigenvalue weighted by Crippen LogP contribution is 2.28. The van der Waals surface area contributed by atoms with Crippen LogP contribution >= 0.6 is 0 Å². The summed E-state index contributed by atoms with van der Waals surface area (Å²) in [6, 6.07) is 9.96. The molecular formula is C17H25NO3. The monoisotopic (exact) mass is 291 g/mol. The molecule has 1 N–H and O–H groups in total. The van der Waals surface area contributed by atoms with E-state index in [0.29, 0.717) is 25.0 Å². The molecule has 0 amide bonds. The van der Waals surface area contributed by atoms with Crippen molar-refractivity contribution in [2.45, 2.75) is 25.7 Å². The summed E-state index contributed by atoms with van der Waals surface area (Å²) < 4.78 is 5.84. The third-order valence-electron chi connectivity index (χ3n) is 4.13. The second kappa shape index (κ2) is 8.80. The van der Waals surface area contributed by atoms with E-state index in [1.165, 1.54) is 0 Å². The van der Waals surface area contributed by atoms with Gasteiger partial charge in [0, 0.05) is 18.8 Å². The fourth-order valence-electron chi connectivity index (χ4n) is 2.81. The average Bonchev–Trinajstić information content (AvgIpc) is 2.55. The predicted molar refractivity (Wildman–Crippen MR) is 83.3 cm³/mol. The van der Waals surface area contributed by atoms with Gasteiger partial charge in [-0.15, -0.1) is 0 Å². The van der Waals surface area contributed by atoms with Crippen LogP contribution in [-0.2, 0) is 9.57 Å². The van der Waals surface area contributed by atoms with Gasteiger partial charge in [0.1, 0.15) is 12.8 Å². The van der Waals surface area contributed by atoms with Gasteiger partial charge in [-0.25, -0.2) is 0 Å². The molecular weight excluding hydrogens is 266 g/mol. The highest BCUT2D eigenvalue weighted by Gasteiger charge is 2.20. The number of aliphatic hydroxyl groups excluding tert-OH is 1. The van der Waals surface area contributed by atoms with Gasteiger partial charge in [-0.05, 0) is 37.5 Å². The molecule has 0 saturated heterocycles. The molecule has 1 fully saturated rings. The number of nitrogens with zero attached hydrogens (tertiary/aromatic N) is 1. The summed E-state index contributed by atoms with van der Waals surface area (Å²) in [6.45, 7) is 1.55. The topological polar surface area (TPSA) is 51.0 Å². The molecule has 0 atom stereocenters. The number of aliphatic hydroxyl groups is 1. The van der Waals surface area contributed by atoms with Crippen molar-refractivity contribution in [1.29, 1.82) is 0 Å². The van der Waals surface area contributed by atoms with Crippen LogP contribution in [0.4, 0.5) is 0 Å². The Hall–Kier alpha value is -1.39. The van der Waals surface area contributed by atoms with Crippen molar-refractivity contribution in [2.24, 2.45) is 17.0 Å². The van der Waals surface area contributed by atoms with Crippen LogP contribution < -0.4 is 0 Å². The standard InChI is InChI=1S/C17H25NO3/c1-20-18-17(16-5-3-2-4-6-16)13-21-12-15-9-7-14(11-19)8-10-15/h2-6,14-15,19H,7-13H2,1H3/b18-17+.